The molecule has 1 fully saturated rings. The lowest BCUT2D eigenvalue weighted by atomic mass is 10.2. The first-order valence-corrected chi connectivity index (χ1v) is 12.9. The largest absolute Gasteiger partial charge is 0.497 e. The molecule has 1 amide bonds. The van der Waals surface area contributed by atoms with E-state index in [-0.39, 0.29) is 11.5 Å². The number of thiocarbonyl (C=S) groups is 1. The van der Waals surface area contributed by atoms with Crippen LogP contribution in [0.5, 0.6) is 5.75 Å². The lowest BCUT2D eigenvalue weighted by Crippen LogP contribution is -2.27. The van der Waals surface area contributed by atoms with Crippen LogP contribution in [0.4, 0.5) is 5.82 Å². The lowest BCUT2D eigenvalue weighted by molar-refractivity contribution is -0.122. The Bertz CT molecular complexity index is 1370. The molecule has 3 aromatic rings. The van der Waals surface area contributed by atoms with Gasteiger partial charge in [0, 0.05) is 26.0 Å². The highest BCUT2D eigenvalue weighted by Gasteiger charge is 2.32. The zero-order valence-electron chi connectivity index (χ0n) is 20.4. The van der Waals surface area contributed by atoms with Crippen LogP contribution in [-0.2, 0) is 16.1 Å². The maximum absolute atomic E-state index is 13.5. The number of nitrogens with one attached hydrogen (secondary N) is 1. The van der Waals surface area contributed by atoms with Gasteiger partial charge in [0.15, 0.2) is 0 Å². The molecular formula is C26H28N4O4S2. The van der Waals surface area contributed by atoms with E-state index >= 15 is 0 Å². The number of hydrogen-bond donors (Lipinski definition) is 1. The number of carbonyl (C=O) groups is 1. The summed E-state index contributed by atoms with van der Waals surface area (Å²) in [5.74, 6) is 0.938. The SMILES string of the molecule is CCOCCCNc1nc2c(C)cccn2c(=O)c1/C=C1/SC(=S)N(Cc2ccc(OC)cc2)C1=O. The van der Waals surface area contributed by atoms with Gasteiger partial charge in [0.2, 0.25) is 0 Å². The van der Waals surface area contributed by atoms with Crippen LogP contribution < -0.4 is 15.6 Å². The third-order valence-corrected chi connectivity index (χ3v) is 7.07. The molecule has 188 valence electrons. The average molecular weight is 525 g/mol. The minimum atomic E-state index is -0.253. The van der Waals surface area contributed by atoms with Gasteiger partial charge >= 0.3 is 0 Å². The van der Waals surface area contributed by atoms with Gasteiger partial charge in [-0.2, -0.15) is 0 Å². The van der Waals surface area contributed by atoms with Gasteiger partial charge < -0.3 is 14.8 Å². The quantitative estimate of drug-likeness (QED) is 0.239. The molecule has 36 heavy (non-hydrogen) atoms. The first-order valence-electron chi connectivity index (χ1n) is 11.6. The summed E-state index contributed by atoms with van der Waals surface area (Å²) in [7, 11) is 1.61. The average Bonchev–Trinajstić information content (AvgIpc) is 3.14. The van der Waals surface area contributed by atoms with Crippen molar-refractivity contribution >= 4 is 51.7 Å². The van der Waals surface area contributed by atoms with Crippen LogP contribution in [0.2, 0.25) is 0 Å². The molecule has 1 saturated heterocycles. The summed E-state index contributed by atoms with van der Waals surface area (Å²) in [4.78, 5) is 33.4. The number of nitrogens with zero attached hydrogens (tertiary/aromatic N) is 3. The predicted molar refractivity (Wildman–Crippen MR) is 148 cm³/mol. The zero-order valence-corrected chi connectivity index (χ0v) is 22.1. The molecule has 10 heteroatoms. The van der Waals surface area contributed by atoms with Gasteiger partial charge in [-0.1, -0.05) is 42.2 Å². The molecule has 3 heterocycles. The number of carbonyl (C=O) groups excluding carboxylic acids is 1. The number of thioether (sulfide) groups is 1. The Kier molecular flexibility index (Phi) is 8.40. The Labute approximate surface area is 219 Å². The van der Waals surface area contributed by atoms with Crippen LogP contribution in [0.15, 0.2) is 52.3 Å². The molecule has 1 aliphatic rings. The molecule has 8 nitrogen and oxygen atoms in total. The summed E-state index contributed by atoms with van der Waals surface area (Å²) in [6.07, 6.45) is 4.04. The summed E-state index contributed by atoms with van der Waals surface area (Å²) < 4.78 is 12.6. The van der Waals surface area contributed by atoms with Crippen LogP contribution in [0.25, 0.3) is 11.7 Å². The van der Waals surface area contributed by atoms with Crippen molar-refractivity contribution in [3.05, 3.63) is 74.5 Å². The van der Waals surface area contributed by atoms with E-state index in [1.54, 1.807) is 30.3 Å². The smallest absolute Gasteiger partial charge is 0.267 e. The summed E-state index contributed by atoms with van der Waals surface area (Å²) >= 11 is 6.69. The second-order valence-electron chi connectivity index (χ2n) is 8.16. The molecular weight excluding hydrogens is 496 g/mol. The highest BCUT2D eigenvalue weighted by atomic mass is 32.2. The summed E-state index contributed by atoms with van der Waals surface area (Å²) in [5.41, 5.74) is 2.44. The number of fused-ring (bicyclic) bond motifs is 1. The van der Waals surface area contributed by atoms with E-state index in [0.29, 0.717) is 52.6 Å². The summed E-state index contributed by atoms with van der Waals surface area (Å²) in [6.45, 7) is 6.03. The first kappa shape index (κ1) is 25.9. The van der Waals surface area contributed by atoms with Crippen molar-refractivity contribution in [1.29, 1.82) is 0 Å². The maximum atomic E-state index is 13.5. The molecule has 0 saturated carbocycles. The zero-order chi connectivity index (χ0) is 25.7. The molecule has 0 atom stereocenters. The number of aromatic nitrogens is 2. The Hall–Kier alpha value is -3.21. The number of pyridine rings is 1. The molecule has 1 aromatic carbocycles. The van der Waals surface area contributed by atoms with Gasteiger partial charge in [-0.25, -0.2) is 4.98 Å². The molecule has 0 radical (unpaired) electrons. The van der Waals surface area contributed by atoms with Gasteiger partial charge in [0.25, 0.3) is 11.5 Å². The second kappa shape index (κ2) is 11.7. The third kappa shape index (κ3) is 5.61. The van der Waals surface area contributed by atoms with Crippen LogP contribution in [0, 0.1) is 6.92 Å². The van der Waals surface area contributed by atoms with Gasteiger partial charge in [-0.15, -0.1) is 0 Å². The molecule has 0 bridgehead atoms. The number of methoxy groups -OCH3 is 1. The van der Waals surface area contributed by atoms with E-state index in [2.05, 4.69) is 5.32 Å². The third-order valence-electron chi connectivity index (χ3n) is 5.70. The second-order valence-corrected chi connectivity index (χ2v) is 9.83. The van der Waals surface area contributed by atoms with Crippen LogP contribution in [-0.4, -0.2) is 51.4 Å². The molecule has 0 spiro atoms. The molecule has 4 rings (SSSR count). The van der Waals surface area contributed by atoms with Crippen molar-refractivity contribution < 1.29 is 14.3 Å². The number of benzene rings is 1. The minimum absolute atomic E-state index is 0.239. The van der Waals surface area contributed by atoms with E-state index in [1.165, 1.54) is 16.2 Å². The van der Waals surface area contributed by atoms with Crippen molar-refractivity contribution in [2.24, 2.45) is 0 Å². The fraction of sp³-hybridized carbons (Fsp3) is 0.308. The number of aryl methyl sites for hydroxylation is 1. The number of amides is 1. The van der Waals surface area contributed by atoms with E-state index in [4.69, 9.17) is 26.7 Å². The standard InChI is InChI=1S/C26H28N4O4S2/c1-4-34-14-6-12-27-22-20(24(31)29-13-5-7-17(2)23(29)28-22)15-21-25(32)30(26(35)36-21)16-18-8-10-19(33-3)11-9-18/h5,7-11,13,15,27H,4,6,12,14,16H2,1-3H3/b21-15+. The van der Waals surface area contributed by atoms with E-state index in [1.807, 2.05) is 44.2 Å². The molecule has 1 N–H and O–H groups in total. The fourth-order valence-corrected chi connectivity index (χ4v) is 5.02. The van der Waals surface area contributed by atoms with Crippen molar-refractivity contribution in [1.82, 2.24) is 14.3 Å². The van der Waals surface area contributed by atoms with Crippen molar-refractivity contribution in [2.75, 3.05) is 32.2 Å². The van der Waals surface area contributed by atoms with E-state index < -0.39 is 0 Å². The minimum Gasteiger partial charge on any atom is -0.497 e. The number of ether oxygens (including phenoxy) is 2. The highest BCUT2D eigenvalue weighted by Crippen LogP contribution is 2.34. The van der Waals surface area contributed by atoms with Crippen LogP contribution >= 0.6 is 24.0 Å². The summed E-state index contributed by atoms with van der Waals surface area (Å²) in [6, 6.07) is 11.2. The number of hydrogen-bond acceptors (Lipinski definition) is 8. The van der Waals surface area contributed by atoms with Crippen LogP contribution in [0.1, 0.15) is 30.0 Å². The van der Waals surface area contributed by atoms with Crippen molar-refractivity contribution in [2.45, 2.75) is 26.8 Å². The van der Waals surface area contributed by atoms with Gasteiger partial charge in [-0.05, 0) is 55.7 Å². The summed E-state index contributed by atoms with van der Waals surface area (Å²) in [5, 5.41) is 3.27. The Morgan fingerprint density at radius 3 is 2.69 bits per heavy atom. The Balaban J connectivity index is 1.65. The molecule has 0 aliphatic carbocycles. The predicted octanol–water partition coefficient (Wildman–Crippen LogP) is 4.25. The molecule has 1 aliphatic heterocycles. The fourth-order valence-electron chi connectivity index (χ4n) is 3.78. The number of anilines is 1. The monoisotopic (exact) mass is 524 g/mol. The normalized spacial score (nSPS) is 14.8. The highest BCUT2D eigenvalue weighted by molar-refractivity contribution is 8.26. The number of rotatable bonds is 10. The Morgan fingerprint density at radius 1 is 1.19 bits per heavy atom. The molecule has 0 unspecified atom stereocenters. The topological polar surface area (TPSA) is 85.2 Å². The van der Waals surface area contributed by atoms with E-state index in [0.717, 1.165) is 23.3 Å². The lowest BCUT2D eigenvalue weighted by Gasteiger charge is -2.15. The van der Waals surface area contributed by atoms with Gasteiger partial charge in [-0.3, -0.25) is 18.9 Å². The van der Waals surface area contributed by atoms with E-state index in [9.17, 15) is 9.59 Å². The first-order chi connectivity index (χ1) is 17.4. The van der Waals surface area contributed by atoms with Crippen LogP contribution in [0.3, 0.4) is 0 Å². The van der Waals surface area contributed by atoms with Crippen molar-refractivity contribution in [3.63, 3.8) is 0 Å². The van der Waals surface area contributed by atoms with Crippen molar-refractivity contribution in [3.8, 4) is 5.75 Å². The van der Waals surface area contributed by atoms with Gasteiger partial charge in [0.1, 0.15) is 21.5 Å². The molecule has 2 aromatic heterocycles. The van der Waals surface area contributed by atoms with Gasteiger partial charge in [0.05, 0.1) is 24.1 Å². The maximum Gasteiger partial charge on any atom is 0.267 e. The Morgan fingerprint density at radius 2 is 1.97 bits per heavy atom.